The minimum absolute atomic E-state index is 0.313. The van der Waals surface area contributed by atoms with Gasteiger partial charge in [0.2, 0.25) is 0 Å². The molecule has 1 atom stereocenters. The SMILES string of the molecule is Cc1c(N2CCCC2)ccc2c1Oc1ccc(Nc3ccccc3)cc1C21OC(=O)c2ccccc21. The Kier molecular flexibility index (Phi) is 4.61. The quantitative estimate of drug-likeness (QED) is 0.327. The van der Waals surface area contributed by atoms with Crippen LogP contribution in [0.1, 0.15) is 45.5 Å². The second-order valence-corrected chi connectivity index (χ2v) is 9.70. The number of anilines is 3. The Labute approximate surface area is 210 Å². The maximum atomic E-state index is 13.2. The van der Waals surface area contributed by atoms with E-state index in [0.29, 0.717) is 11.3 Å². The Hall–Kier alpha value is -4.25. The van der Waals surface area contributed by atoms with E-state index < -0.39 is 5.60 Å². The first-order chi connectivity index (χ1) is 17.6. The van der Waals surface area contributed by atoms with Crippen molar-refractivity contribution in [2.45, 2.75) is 25.4 Å². The van der Waals surface area contributed by atoms with Crippen LogP contribution in [0.15, 0.2) is 84.9 Å². The normalized spacial score (nSPS) is 19.4. The summed E-state index contributed by atoms with van der Waals surface area (Å²) in [4.78, 5) is 15.6. The zero-order valence-corrected chi connectivity index (χ0v) is 20.1. The van der Waals surface area contributed by atoms with Crippen LogP contribution in [0, 0.1) is 6.92 Å². The van der Waals surface area contributed by atoms with Gasteiger partial charge in [0, 0.05) is 52.4 Å². The van der Waals surface area contributed by atoms with E-state index >= 15 is 0 Å². The number of nitrogens with one attached hydrogen (secondary N) is 1. The maximum Gasteiger partial charge on any atom is 0.340 e. The summed E-state index contributed by atoms with van der Waals surface area (Å²) in [5.74, 6) is 1.17. The van der Waals surface area contributed by atoms with Crippen molar-refractivity contribution in [1.82, 2.24) is 0 Å². The Morgan fingerprint density at radius 3 is 2.42 bits per heavy atom. The summed E-state index contributed by atoms with van der Waals surface area (Å²) in [5, 5.41) is 3.47. The van der Waals surface area contributed by atoms with E-state index in [2.05, 4.69) is 29.3 Å². The third-order valence-corrected chi connectivity index (χ3v) is 7.61. The lowest BCUT2D eigenvalue weighted by Gasteiger charge is -2.38. The molecule has 36 heavy (non-hydrogen) atoms. The van der Waals surface area contributed by atoms with Gasteiger partial charge in [-0.1, -0.05) is 36.4 Å². The highest BCUT2D eigenvalue weighted by Gasteiger charge is 2.54. The average molecular weight is 475 g/mol. The number of esters is 1. The lowest BCUT2D eigenvalue weighted by atomic mass is 9.77. The van der Waals surface area contributed by atoms with Gasteiger partial charge in [0.05, 0.1) is 5.56 Å². The predicted molar refractivity (Wildman–Crippen MR) is 141 cm³/mol. The van der Waals surface area contributed by atoms with E-state index in [1.165, 1.54) is 18.5 Å². The summed E-state index contributed by atoms with van der Waals surface area (Å²) < 4.78 is 13.0. The highest BCUT2D eigenvalue weighted by atomic mass is 16.6. The molecular weight excluding hydrogens is 448 g/mol. The molecule has 1 unspecified atom stereocenters. The molecule has 3 aliphatic rings. The van der Waals surface area contributed by atoms with Gasteiger partial charge < -0.3 is 19.7 Å². The minimum Gasteiger partial charge on any atom is -0.456 e. The van der Waals surface area contributed by atoms with Crippen molar-refractivity contribution in [3.05, 3.63) is 113 Å². The van der Waals surface area contributed by atoms with Gasteiger partial charge in [-0.3, -0.25) is 0 Å². The van der Waals surface area contributed by atoms with Crippen LogP contribution < -0.4 is 15.0 Å². The van der Waals surface area contributed by atoms with Crippen molar-refractivity contribution in [2.75, 3.05) is 23.3 Å². The standard InChI is InChI=1S/C31H26N2O3/c1-20-27(33-17-7-8-18-33)15-14-25-29(20)35-28-16-13-22(32-21-9-3-2-4-10-21)19-26(28)31(25)24-12-6-5-11-23(24)30(34)36-31/h2-6,9-16,19,32H,7-8,17-18H2,1H3. The summed E-state index contributed by atoms with van der Waals surface area (Å²) >= 11 is 0. The van der Waals surface area contributed by atoms with E-state index in [0.717, 1.165) is 52.5 Å². The number of carbonyl (C=O) groups is 1. The van der Waals surface area contributed by atoms with Crippen molar-refractivity contribution in [1.29, 1.82) is 0 Å². The summed E-state index contributed by atoms with van der Waals surface area (Å²) in [5.41, 5.74) is 6.21. The molecule has 5 nitrogen and oxygen atoms in total. The Balaban J connectivity index is 1.44. The molecule has 0 aliphatic carbocycles. The lowest BCUT2D eigenvalue weighted by Crippen LogP contribution is -2.33. The number of nitrogens with zero attached hydrogens (tertiary/aromatic N) is 1. The molecule has 0 saturated carbocycles. The summed E-state index contributed by atoms with van der Waals surface area (Å²) in [6.45, 7) is 4.21. The molecule has 7 rings (SSSR count). The van der Waals surface area contributed by atoms with Crippen LogP contribution in [0.25, 0.3) is 0 Å². The Morgan fingerprint density at radius 1 is 0.806 bits per heavy atom. The minimum atomic E-state index is -1.07. The van der Waals surface area contributed by atoms with Gasteiger partial charge in [-0.15, -0.1) is 0 Å². The molecule has 1 fully saturated rings. The Bertz CT molecular complexity index is 1510. The largest absolute Gasteiger partial charge is 0.456 e. The number of ether oxygens (including phenoxy) is 2. The molecule has 0 radical (unpaired) electrons. The zero-order chi connectivity index (χ0) is 24.3. The fourth-order valence-corrected chi connectivity index (χ4v) is 5.92. The van der Waals surface area contributed by atoms with E-state index in [1.54, 1.807) is 0 Å². The molecule has 1 saturated heterocycles. The summed E-state index contributed by atoms with van der Waals surface area (Å²) in [6, 6.07) is 28.0. The van der Waals surface area contributed by atoms with Crippen molar-refractivity contribution < 1.29 is 14.3 Å². The molecule has 178 valence electrons. The first-order valence-corrected chi connectivity index (χ1v) is 12.5. The molecule has 0 bridgehead atoms. The van der Waals surface area contributed by atoms with E-state index in [4.69, 9.17) is 9.47 Å². The van der Waals surface area contributed by atoms with Crippen molar-refractivity contribution in [3.63, 3.8) is 0 Å². The number of rotatable bonds is 3. The highest BCUT2D eigenvalue weighted by molar-refractivity contribution is 5.97. The van der Waals surface area contributed by atoms with Gasteiger partial charge in [0.1, 0.15) is 11.5 Å². The molecule has 0 aromatic heterocycles. The van der Waals surface area contributed by atoms with E-state index in [1.807, 2.05) is 72.8 Å². The van der Waals surface area contributed by atoms with E-state index in [-0.39, 0.29) is 5.97 Å². The zero-order valence-electron chi connectivity index (χ0n) is 20.1. The van der Waals surface area contributed by atoms with Crippen LogP contribution in [0.5, 0.6) is 11.5 Å². The number of para-hydroxylation sites is 1. The van der Waals surface area contributed by atoms with Crippen LogP contribution in [0.3, 0.4) is 0 Å². The van der Waals surface area contributed by atoms with Crippen LogP contribution in [-0.4, -0.2) is 19.1 Å². The first kappa shape index (κ1) is 21.1. The van der Waals surface area contributed by atoms with Gasteiger partial charge in [-0.2, -0.15) is 0 Å². The molecular formula is C31H26N2O3. The third-order valence-electron chi connectivity index (χ3n) is 7.61. The molecule has 1 spiro atoms. The highest BCUT2D eigenvalue weighted by Crippen LogP contribution is 2.58. The Morgan fingerprint density at radius 2 is 1.58 bits per heavy atom. The van der Waals surface area contributed by atoms with Gasteiger partial charge in [-0.25, -0.2) is 4.79 Å². The van der Waals surface area contributed by atoms with E-state index in [9.17, 15) is 4.79 Å². The smallest absolute Gasteiger partial charge is 0.340 e. The summed E-state index contributed by atoms with van der Waals surface area (Å²) in [6.07, 6.45) is 2.40. The second-order valence-electron chi connectivity index (χ2n) is 9.70. The van der Waals surface area contributed by atoms with Crippen LogP contribution in [0.2, 0.25) is 0 Å². The van der Waals surface area contributed by atoms with Gasteiger partial charge in [-0.05, 0) is 68.3 Å². The second kappa shape index (κ2) is 7.89. The fraction of sp³-hybridized carbons (Fsp3) is 0.194. The fourth-order valence-electron chi connectivity index (χ4n) is 5.92. The van der Waals surface area contributed by atoms with Crippen molar-refractivity contribution in [3.8, 4) is 11.5 Å². The van der Waals surface area contributed by atoms with Crippen LogP contribution in [0.4, 0.5) is 17.1 Å². The third kappa shape index (κ3) is 2.99. The monoisotopic (exact) mass is 474 g/mol. The molecule has 1 N–H and O–H groups in total. The maximum absolute atomic E-state index is 13.2. The van der Waals surface area contributed by atoms with Crippen molar-refractivity contribution >= 4 is 23.0 Å². The molecule has 3 heterocycles. The van der Waals surface area contributed by atoms with Crippen LogP contribution in [-0.2, 0) is 10.3 Å². The van der Waals surface area contributed by atoms with Gasteiger partial charge in [0.15, 0.2) is 5.60 Å². The number of benzene rings is 4. The van der Waals surface area contributed by atoms with Gasteiger partial charge in [0.25, 0.3) is 0 Å². The van der Waals surface area contributed by atoms with Crippen LogP contribution >= 0.6 is 0 Å². The number of hydrogen-bond donors (Lipinski definition) is 1. The molecule has 3 aliphatic heterocycles. The lowest BCUT2D eigenvalue weighted by molar-refractivity contribution is 0.0224. The molecule has 5 heteroatoms. The van der Waals surface area contributed by atoms with Crippen molar-refractivity contribution in [2.24, 2.45) is 0 Å². The number of hydrogen-bond acceptors (Lipinski definition) is 5. The van der Waals surface area contributed by atoms with Gasteiger partial charge >= 0.3 is 5.97 Å². The first-order valence-electron chi connectivity index (χ1n) is 12.5. The average Bonchev–Trinajstić information content (AvgIpc) is 3.54. The molecule has 4 aromatic rings. The number of carbonyl (C=O) groups excluding carboxylic acids is 1. The molecule has 0 amide bonds. The summed E-state index contributed by atoms with van der Waals surface area (Å²) in [7, 11) is 0. The number of fused-ring (bicyclic) bond motifs is 6. The predicted octanol–water partition coefficient (Wildman–Crippen LogP) is 6.91. The molecule has 4 aromatic carbocycles. The topological polar surface area (TPSA) is 50.8 Å².